The lowest BCUT2D eigenvalue weighted by Gasteiger charge is -2.28. The summed E-state index contributed by atoms with van der Waals surface area (Å²) in [5.74, 6) is 0.0510. The zero-order chi connectivity index (χ0) is 13.0. The van der Waals surface area contributed by atoms with E-state index >= 15 is 0 Å². The zero-order valence-corrected chi connectivity index (χ0v) is 12.9. The fourth-order valence-corrected chi connectivity index (χ4v) is 3.32. The Labute approximate surface area is 121 Å². The molecular formula is C14H18BrNOS. The van der Waals surface area contributed by atoms with Gasteiger partial charge in [-0.05, 0) is 56.2 Å². The Bertz CT molecular complexity index is 399. The van der Waals surface area contributed by atoms with E-state index in [9.17, 15) is 4.79 Å². The van der Waals surface area contributed by atoms with E-state index < -0.39 is 0 Å². The monoisotopic (exact) mass is 327 g/mol. The first-order valence-corrected chi connectivity index (χ1v) is 8.36. The summed E-state index contributed by atoms with van der Waals surface area (Å²) >= 11 is 5.32. The number of benzene rings is 1. The van der Waals surface area contributed by atoms with Crippen molar-refractivity contribution < 1.29 is 4.79 Å². The first-order valence-electron chi connectivity index (χ1n) is 6.28. The van der Waals surface area contributed by atoms with Crippen molar-refractivity contribution in [2.45, 2.75) is 37.0 Å². The summed E-state index contributed by atoms with van der Waals surface area (Å²) in [4.78, 5) is 12.0. The molecule has 0 aromatic heterocycles. The van der Waals surface area contributed by atoms with Crippen LogP contribution in [-0.2, 0) is 0 Å². The summed E-state index contributed by atoms with van der Waals surface area (Å²) in [6, 6.07) is 7.86. The normalized spacial score (nSPS) is 23.7. The average Bonchev–Trinajstić information content (AvgIpc) is 2.40. The largest absolute Gasteiger partial charge is 0.349 e. The van der Waals surface area contributed by atoms with Gasteiger partial charge < -0.3 is 5.32 Å². The number of carbonyl (C=O) groups is 1. The Morgan fingerprint density at radius 3 is 2.39 bits per heavy atom. The number of halogens is 1. The molecule has 0 atom stereocenters. The second kappa shape index (κ2) is 6.62. The van der Waals surface area contributed by atoms with Gasteiger partial charge >= 0.3 is 0 Å². The smallest absolute Gasteiger partial charge is 0.251 e. The molecule has 98 valence electrons. The quantitative estimate of drug-likeness (QED) is 0.913. The van der Waals surface area contributed by atoms with Gasteiger partial charge in [0, 0.05) is 21.3 Å². The minimum absolute atomic E-state index is 0.0510. The average molecular weight is 328 g/mol. The second-order valence-electron chi connectivity index (χ2n) is 4.69. The molecule has 1 aliphatic carbocycles. The minimum Gasteiger partial charge on any atom is -0.349 e. The fourth-order valence-electron chi connectivity index (χ4n) is 2.31. The number of rotatable bonds is 3. The summed E-state index contributed by atoms with van der Waals surface area (Å²) < 4.78 is 1.000. The molecule has 1 saturated carbocycles. The number of hydrogen-bond donors (Lipinski definition) is 1. The van der Waals surface area contributed by atoms with Crippen LogP contribution in [0.5, 0.6) is 0 Å². The molecule has 2 nitrogen and oxygen atoms in total. The molecule has 0 bridgehead atoms. The van der Waals surface area contributed by atoms with Crippen LogP contribution in [0.25, 0.3) is 0 Å². The maximum atomic E-state index is 12.0. The maximum Gasteiger partial charge on any atom is 0.251 e. The van der Waals surface area contributed by atoms with Crippen LogP contribution in [0.2, 0.25) is 0 Å². The Morgan fingerprint density at radius 2 is 1.83 bits per heavy atom. The molecule has 0 spiro atoms. The molecule has 1 aliphatic rings. The van der Waals surface area contributed by atoms with Crippen molar-refractivity contribution in [3.63, 3.8) is 0 Å². The van der Waals surface area contributed by atoms with Crippen LogP contribution in [-0.4, -0.2) is 23.5 Å². The first kappa shape index (κ1) is 13.9. The highest BCUT2D eigenvalue weighted by molar-refractivity contribution is 9.10. The van der Waals surface area contributed by atoms with E-state index in [0.29, 0.717) is 6.04 Å². The van der Waals surface area contributed by atoms with Crippen LogP contribution < -0.4 is 5.32 Å². The van der Waals surface area contributed by atoms with E-state index in [0.717, 1.165) is 28.1 Å². The maximum absolute atomic E-state index is 12.0. The van der Waals surface area contributed by atoms with Crippen LogP contribution in [0.3, 0.4) is 0 Å². The van der Waals surface area contributed by atoms with Gasteiger partial charge in [0.15, 0.2) is 0 Å². The third kappa shape index (κ3) is 3.75. The topological polar surface area (TPSA) is 29.1 Å². The molecule has 18 heavy (non-hydrogen) atoms. The molecule has 2 rings (SSSR count). The molecule has 1 aromatic carbocycles. The van der Waals surface area contributed by atoms with E-state index in [-0.39, 0.29) is 5.91 Å². The number of amides is 1. The molecular weight excluding hydrogens is 310 g/mol. The van der Waals surface area contributed by atoms with Crippen molar-refractivity contribution in [1.29, 1.82) is 0 Å². The Balaban J connectivity index is 1.86. The highest BCUT2D eigenvalue weighted by atomic mass is 79.9. The lowest BCUT2D eigenvalue weighted by molar-refractivity contribution is 0.0928. The van der Waals surface area contributed by atoms with Gasteiger partial charge in [-0.15, -0.1) is 0 Å². The van der Waals surface area contributed by atoms with E-state index in [4.69, 9.17) is 0 Å². The molecule has 0 heterocycles. The van der Waals surface area contributed by atoms with E-state index in [1.807, 2.05) is 36.0 Å². The summed E-state index contributed by atoms with van der Waals surface area (Å²) in [5, 5.41) is 3.92. The molecule has 1 fully saturated rings. The lowest BCUT2D eigenvalue weighted by atomic mass is 9.94. The van der Waals surface area contributed by atoms with Gasteiger partial charge in [0.25, 0.3) is 5.91 Å². The second-order valence-corrected chi connectivity index (χ2v) is 6.74. The van der Waals surface area contributed by atoms with Crippen molar-refractivity contribution in [2.24, 2.45) is 0 Å². The van der Waals surface area contributed by atoms with Gasteiger partial charge in [-0.1, -0.05) is 15.9 Å². The number of hydrogen-bond acceptors (Lipinski definition) is 2. The third-order valence-electron chi connectivity index (χ3n) is 3.45. The molecule has 1 N–H and O–H groups in total. The molecule has 0 aliphatic heterocycles. The Kier molecular flexibility index (Phi) is 5.13. The van der Waals surface area contributed by atoms with Crippen LogP contribution in [0, 0.1) is 0 Å². The minimum atomic E-state index is 0.0510. The number of thioether (sulfide) groups is 1. The SMILES string of the molecule is CSC1CCC(NC(=O)c2ccc(Br)cc2)CC1. The van der Waals surface area contributed by atoms with Gasteiger partial charge in [-0.25, -0.2) is 0 Å². The van der Waals surface area contributed by atoms with Crippen molar-refractivity contribution in [3.05, 3.63) is 34.3 Å². The highest BCUT2D eigenvalue weighted by Gasteiger charge is 2.21. The van der Waals surface area contributed by atoms with E-state index in [1.165, 1.54) is 12.8 Å². The number of carbonyl (C=O) groups excluding carboxylic acids is 1. The summed E-state index contributed by atoms with van der Waals surface area (Å²) in [5.41, 5.74) is 0.741. The lowest BCUT2D eigenvalue weighted by Crippen LogP contribution is -2.38. The Morgan fingerprint density at radius 1 is 1.22 bits per heavy atom. The molecule has 0 saturated heterocycles. The number of nitrogens with one attached hydrogen (secondary N) is 1. The molecule has 0 unspecified atom stereocenters. The summed E-state index contributed by atoms with van der Waals surface area (Å²) in [7, 11) is 0. The summed E-state index contributed by atoms with van der Waals surface area (Å²) in [6.45, 7) is 0. The van der Waals surface area contributed by atoms with Crippen LogP contribution in [0.4, 0.5) is 0 Å². The predicted molar refractivity (Wildman–Crippen MR) is 81.2 cm³/mol. The van der Waals surface area contributed by atoms with Crippen LogP contribution in [0.1, 0.15) is 36.0 Å². The third-order valence-corrected chi connectivity index (χ3v) is 5.12. The van der Waals surface area contributed by atoms with E-state index in [2.05, 4.69) is 27.5 Å². The van der Waals surface area contributed by atoms with Gasteiger partial charge in [0.1, 0.15) is 0 Å². The molecule has 0 radical (unpaired) electrons. The van der Waals surface area contributed by atoms with E-state index in [1.54, 1.807) is 0 Å². The predicted octanol–water partition coefficient (Wildman–Crippen LogP) is 3.85. The zero-order valence-electron chi connectivity index (χ0n) is 10.5. The highest BCUT2D eigenvalue weighted by Crippen LogP contribution is 2.27. The van der Waals surface area contributed by atoms with Gasteiger partial charge in [0.2, 0.25) is 0 Å². The first-order chi connectivity index (χ1) is 8.69. The fraction of sp³-hybridized carbons (Fsp3) is 0.500. The van der Waals surface area contributed by atoms with Crippen molar-refractivity contribution in [3.8, 4) is 0 Å². The molecule has 1 amide bonds. The molecule has 1 aromatic rings. The van der Waals surface area contributed by atoms with Gasteiger partial charge in [-0.3, -0.25) is 4.79 Å². The molecule has 4 heteroatoms. The van der Waals surface area contributed by atoms with Crippen molar-refractivity contribution in [1.82, 2.24) is 5.32 Å². The summed E-state index contributed by atoms with van der Waals surface area (Å²) in [6.07, 6.45) is 6.81. The van der Waals surface area contributed by atoms with Crippen LogP contribution in [0.15, 0.2) is 28.7 Å². The van der Waals surface area contributed by atoms with Gasteiger partial charge in [-0.2, -0.15) is 11.8 Å². The van der Waals surface area contributed by atoms with Gasteiger partial charge in [0.05, 0.1) is 0 Å². The standard InChI is InChI=1S/C14H18BrNOS/c1-18-13-8-6-12(7-9-13)16-14(17)10-2-4-11(15)5-3-10/h2-5,12-13H,6-9H2,1H3,(H,16,17). The van der Waals surface area contributed by atoms with Crippen LogP contribution >= 0.6 is 27.7 Å². The van der Waals surface area contributed by atoms with Crippen molar-refractivity contribution in [2.75, 3.05) is 6.26 Å². The Hall–Kier alpha value is -0.480. The van der Waals surface area contributed by atoms with Crippen molar-refractivity contribution >= 4 is 33.6 Å².